The largest absolute Gasteiger partial charge is 0.372 e. The van der Waals surface area contributed by atoms with Gasteiger partial charge in [0.1, 0.15) is 15.7 Å². The van der Waals surface area contributed by atoms with E-state index in [0.717, 1.165) is 4.47 Å². The maximum atomic E-state index is 10.9. The lowest BCUT2D eigenvalue weighted by Crippen LogP contribution is -2.15. The quantitative estimate of drug-likeness (QED) is 0.834. The van der Waals surface area contributed by atoms with Crippen LogP contribution in [0.3, 0.4) is 0 Å². The molecule has 2 N–H and O–H groups in total. The normalized spacial score (nSPS) is 11.2. The molecule has 90 valence electrons. The summed E-state index contributed by atoms with van der Waals surface area (Å²) in [5.74, 6) is 1.11. The van der Waals surface area contributed by atoms with Gasteiger partial charge in [-0.1, -0.05) is 0 Å². The van der Waals surface area contributed by atoms with Gasteiger partial charge in [0.2, 0.25) is 5.95 Å². The molecule has 0 unspecified atom stereocenters. The van der Waals surface area contributed by atoms with Gasteiger partial charge in [-0.2, -0.15) is 4.98 Å². The first-order chi connectivity index (χ1) is 7.42. The minimum absolute atomic E-state index is 0.0569. The lowest BCUT2D eigenvalue weighted by atomic mass is 10.6. The summed E-state index contributed by atoms with van der Waals surface area (Å²) in [7, 11) is -1.22. The second-order valence-electron chi connectivity index (χ2n) is 3.20. The van der Waals surface area contributed by atoms with E-state index in [1.807, 2.05) is 0 Å². The van der Waals surface area contributed by atoms with Crippen LogP contribution in [0.15, 0.2) is 10.7 Å². The zero-order chi connectivity index (χ0) is 12.2. The van der Waals surface area contributed by atoms with Crippen LogP contribution in [0.1, 0.15) is 0 Å². The van der Waals surface area contributed by atoms with Crippen LogP contribution in [0, 0.1) is 0 Å². The van der Waals surface area contributed by atoms with Crippen LogP contribution < -0.4 is 10.6 Å². The van der Waals surface area contributed by atoms with Crippen LogP contribution in [0.4, 0.5) is 11.8 Å². The average Bonchev–Trinajstić information content (AvgIpc) is 2.18. The first-order valence-corrected chi connectivity index (χ1v) is 7.39. The Morgan fingerprint density at radius 2 is 2.19 bits per heavy atom. The van der Waals surface area contributed by atoms with Crippen molar-refractivity contribution in [1.29, 1.82) is 0 Å². The van der Waals surface area contributed by atoms with Crippen molar-refractivity contribution in [3.8, 4) is 0 Å². The summed E-state index contributed by atoms with van der Waals surface area (Å²) in [5.41, 5.74) is 0. The number of hydrogen-bond donors (Lipinski definition) is 2. The molecule has 1 aromatic heterocycles. The molecule has 0 aliphatic heterocycles. The molecule has 8 heteroatoms. The van der Waals surface area contributed by atoms with Gasteiger partial charge < -0.3 is 10.6 Å². The molecule has 0 aliphatic rings. The molecule has 0 fully saturated rings. The summed E-state index contributed by atoms with van der Waals surface area (Å²) in [4.78, 5) is 8.14. The number of nitrogens with zero attached hydrogens (tertiary/aromatic N) is 2. The molecule has 0 saturated heterocycles. The molecule has 0 saturated carbocycles. The molecule has 6 nitrogen and oxygen atoms in total. The van der Waals surface area contributed by atoms with Gasteiger partial charge in [-0.05, 0) is 15.9 Å². The Balaban J connectivity index is 2.61. The summed E-state index contributed by atoms with van der Waals surface area (Å²) in [6.07, 6.45) is 2.79. The zero-order valence-corrected chi connectivity index (χ0v) is 11.4. The van der Waals surface area contributed by atoms with Gasteiger partial charge in [0.25, 0.3) is 0 Å². The molecule has 1 rings (SSSR count). The van der Waals surface area contributed by atoms with Crippen LogP contribution in [0.2, 0.25) is 0 Å². The fourth-order valence-corrected chi connectivity index (χ4v) is 1.84. The first-order valence-electron chi connectivity index (χ1n) is 4.54. The van der Waals surface area contributed by atoms with Crippen LogP contribution >= 0.6 is 15.9 Å². The molecule has 1 aromatic rings. The molecule has 0 bridgehead atoms. The average molecular weight is 309 g/mol. The number of anilines is 2. The Morgan fingerprint density at radius 1 is 1.50 bits per heavy atom. The molecular formula is C8H13BrN4O2S. The second kappa shape index (κ2) is 5.44. The molecular weight excluding hydrogens is 296 g/mol. The minimum Gasteiger partial charge on any atom is -0.372 e. The van der Waals surface area contributed by atoms with E-state index < -0.39 is 9.84 Å². The standard InChI is InChI=1S/C8H13BrN4O2S/c1-10-7-6(9)5-12-8(13-7)11-3-4-16(2,14)15/h5H,3-4H2,1-2H3,(H2,10,11,12,13). The lowest BCUT2D eigenvalue weighted by molar-refractivity contribution is 0.602. The van der Waals surface area contributed by atoms with E-state index in [1.165, 1.54) is 6.26 Å². The van der Waals surface area contributed by atoms with Crippen LogP contribution in [-0.2, 0) is 9.84 Å². The number of rotatable bonds is 5. The highest BCUT2D eigenvalue weighted by Gasteiger charge is 2.05. The van der Waals surface area contributed by atoms with Crippen molar-refractivity contribution in [3.63, 3.8) is 0 Å². The highest BCUT2D eigenvalue weighted by molar-refractivity contribution is 9.10. The fourth-order valence-electron chi connectivity index (χ4n) is 0.976. The molecule has 0 aliphatic carbocycles. The highest BCUT2D eigenvalue weighted by atomic mass is 79.9. The van der Waals surface area contributed by atoms with E-state index in [-0.39, 0.29) is 5.75 Å². The van der Waals surface area contributed by atoms with E-state index in [1.54, 1.807) is 13.2 Å². The summed E-state index contributed by atoms with van der Waals surface area (Å²) in [6, 6.07) is 0. The number of aromatic nitrogens is 2. The van der Waals surface area contributed by atoms with Gasteiger partial charge in [-0.3, -0.25) is 0 Å². The Kier molecular flexibility index (Phi) is 4.48. The topological polar surface area (TPSA) is 84.0 Å². The van der Waals surface area contributed by atoms with Gasteiger partial charge in [0.05, 0.1) is 10.2 Å². The van der Waals surface area contributed by atoms with Gasteiger partial charge in [-0.15, -0.1) is 0 Å². The number of sulfone groups is 1. The lowest BCUT2D eigenvalue weighted by Gasteiger charge is -2.06. The summed E-state index contributed by atoms with van der Waals surface area (Å²) in [6.45, 7) is 0.295. The predicted octanol–water partition coefficient (Wildman–Crippen LogP) is 0.737. The van der Waals surface area contributed by atoms with E-state index in [9.17, 15) is 8.42 Å². The van der Waals surface area contributed by atoms with Crippen molar-refractivity contribution in [2.45, 2.75) is 0 Å². The van der Waals surface area contributed by atoms with Crippen LogP contribution in [0.25, 0.3) is 0 Å². The third-order valence-electron chi connectivity index (χ3n) is 1.74. The van der Waals surface area contributed by atoms with Gasteiger partial charge in [0, 0.05) is 26.0 Å². The molecule has 0 spiro atoms. The maximum Gasteiger partial charge on any atom is 0.224 e. The van der Waals surface area contributed by atoms with Crippen molar-refractivity contribution in [2.24, 2.45) is 0 Å². The summed E-state index contributed by atoms with van der Waals surface area (Å²) >= 11 is 3.28. The number of hydrogen-bond acceptors (Lipinski definition) is 6. The molecule has 0 amide bonds. The SMILES string of the molecule is CNc1nc(NCCS(C)(=O)=O)ncc1Br. The van der Waals surface area contributed by atoms with E-state index >= 15 is 0 Å². The smallest absolute Gasteiger partial charge is 0.224 e. The summed E-state index contributed by atoms with van der Waals surface area (Å²) < 4.78 is 22.5. The monoisotopic (exact) mass is 308 g/mol. The Hall–Kier alpha value is -0.890. The Morgan fingerprint density at radius 3 is 2.75 bits per heavy atom. The molecule has 16 heavy (non-hydrogen) atoms. The van der Waals surface area contributed by atoms with E-state index in [4.69, 9.17) is 0 Å². The third-order valence-corrected chi connectivity index (χ3v) is 3.26. The molecule has 0 atom stereocenters. The second-order valence-corrected chi connectivity index (χ2v) is 6.31. The number of halogens is 1. The predicted molar refractivity (Wildman–Crippen MR) is 67.5 cm³/mol. The van der Waals surface area contributed by atoms with Gasteiger partial charge in [-0.25, -0.2) is 13.4 Å². The van der Waals surface area contributed by atoms with Crippen molar-refractivity contribution in [2.75, 3.05) is 36.2 Å². The number of nitrogens with one attached hydrogen (secondary N) is 2. The molecule has 0 aromatic carbocycles. The van der Waals surface area contributed by atoms with E-state index in [0.29, 0.717) is 18.3 Å². The van der Waals surface area contributed by atoms with Gasteiger partial charge in [0.15, 0.2) is 0 Å². The van der Waals surface area contributed by atoms with Crippen molar-refractivity contribution in [1.82, 2.24) is 9.97 Å². The fraction of sp³-hybridized carbons (Fsp3) is 0.500. The Labute approximate surface area is 103 Å². The highest BCUT2D eigenvalue weighted by Crippen LogP contribution is 2.18. The van der Waals surface area contributed by atoms with Crippen molar-refractivity contribution >= 4 is 37.5 Å². The first kappa shape index (κ1) is 13.2. The van der Waals surface area contributed by atoms with Crippen molar-refractivity contribution < 1.29 is 8.42 Å². The maximum absolute atomic E-state index is 10.9. The van der Waals surface area contributed by atoms with Crippen LogP contribution in [-0.4, -0.2) is 44.0 Å². The van der Waals surface area contributed by atoms with Crippen LogP contribution in [0.5, 0.6) is 0 Å². The summed E-state index contributed by atoms with van der Waals surface area (Å²) in [5, 5.41) is 5.73. The minimum atomic E-state index is -2.96. The molecule has 0 radical (unpaired) electrons. The zero-order valence-electron chi connectivity index (χ0n) is 8.99. The van der Waals surface area contributed by atoms with Gasteiger partial charge >= 0.3 is 0 Å². The third kappa shape index (κ3) is 4.31. The molecule has 1 heterocycles. The Bertz CT molecular complexity index is 463. The van der Waals surface area contributed by atoms with E-state index in [2.05, 4.69) is 36.5 Å². The van der Waals surface area contributed by atoms with Crippen molar-refractivity contribution in [3.05, 3.63) is 10.7 Å².